The molecule has 0 saturated carbocycles. The second-order valence-corrected chi connectivity index (χ2v) is 7.31. The molecular weight excluding hydrogens is 326 g/mol. The maximum atomic E-state index is 6.07. The van der Waals surface area contributed by atoms with Crippen LogP contribution in [0.25, 0.3) is 0 Å². The van der Waals surface area contributed by atoms with Crippen LogP contribution in [0, 0.1) is 11.8 Å². The molecule has 0 spiro atoms. The lowest BCUT2D eigenvalue weighted by Crippen LogP contribution is -2.42. The molecule has 5 heteroatoms. The fourth-order valence-corrected chi connectivity index (χ4v) is 3.21. The number of benzene rings is 1. The van der Waals surface area contributed by atoms with Crippen molar-refractivity contribution in [2.75, 3.05) is 40.0 Å². The first-order chi connectivity index (χ1) is 12.7. The summed E-state index contributed by atoms with van der Waals surface area (Å²) < 4.78 is 11.7. The summed E-state index contributed by atoms with van der Waals surface area (Å²) in [5.41, 5.74) is 1.27. The standard InChI is InChI=1S/C21H35N3O2/c1-17(2)16-25-13-8-12-23-21(22-3)24-15-19-11-7-14-26-20(19)18-9-5-4-6-10-18/h4-6,9-10,17,19-20H,7-8,11-16H2,1-3H3,(H2,22,23,24). The smallest absolute Gasteiger partial charge is 0.190 e. The van der Waals surface area contributed by atoms with Gasteiger partial charge in [0.05, 0.1) is 6.10 Å². The molecule has 0 aliphatic carbocycles. The van der Waals surface area contributed by atoms with Crippen LogP contribution in [0.2, 0.25) is 0 Å². The Morgan fingerprint density at radius 2 is 2.08 bits per heavy atom. The predicted octanol–water partition coefficient (Wildman–Crippen LogP) is 3.38. The highest BCUT2D eigenvalue weighted by Gasteiger charge is 2.27. The molecule has 146 valence electrons. The Labute approximate surface area is 158 Å². The number of hydrogen-bond acceptors (Lipinski definition) is 3. The van der Waals surface area contributed by atoms with Crippen LogP contribution in [-0.4, -0.2) is 45.9 Å². The lowest BCUT2D eigenvalue weighted by atomic mass is 9.89. The number of nitrogens with zero attached hydrogens (tertiary/aromatic N) is 1. The van der Waals surface area contributed by atoms with Gasteiger partial charge in [-0.05, 0) is 30.7 Å². The van der Waals surface area contributed by atoms with Gasteiger partial charge >= 0.3 is 0 Å². The number of aliphatic imine (C=N–C) groups is 1. The summed E-state index contributed by atoms with van der Waals surface area (Å²) in [4.78, 5) is 4.33. The van der Waals surface area contributed by atoms with Crippen LogP contribution in [0.3, 0.4) is 0 Å². The third-order valence-corrected chi connectivity index (χ3v) is 4.54. The lowest BCUT2D eigenvalue weighted by molar-refractivity contribution is -0.0265. The highest BCUT2D eigenvalue weighted by molar-refractivity contribution is 5.79. The van der Waals surface area contributed by atoms with Crippen LogP contribution in [0.1, 0.15) is 44.8 Å². The van der Waals surface area contributed by atoms with Gasteiger partial charge < -0.3 is 20.1 Å². The maximum absolute atomic E-state index is 6.07. The molecule has 1 saturated heterocycles. The van der Waals surface area contributed by atoms with E-state index in [0.717, 1.165) is 51.7 Å². The normalized spacial score (nSPS) is 21.0. The first kappa shape index (κ1) is 20.7. The van der Waals surface area contributed by atoms with Crippen molar-refractivity contribution in [1.82, 2.24) is 10.6 Å². The van der Waals surface area contributed by atoms with Gasteiger partial charge in [0.25, 0.3) is 0 Å². The van der Waals surface area contributed by atoms with E-state index in [1.807, 2.05) is 7.05 Å². The molecular formula is C21H35N3O2. The molecule has 2 atom stereocenters. The molecule has 5 nitrogen and oxygen atoms in total. The number of guanidine groups is 1. The van der Waals surface area contributed by atoms with Crippen LogP contribution in [0.5, 0.6) is 0 Å². The van der Waals surface area contributed by atoms with Crippen molar-refractivity contribution in [2.45, 2.75) is 39.2 Å². The minimum absolute atomic E-state index is 0.167. The SMILES string of the molecule is CN=C(NCCCOCC(C)C)NCC1CCCOC1c1ccccc1. The lowest BCUT2D eigenvalue weighted by Gasteiger charge is -2.32. The van der Waals surface area contributed by atoms with Gasteiger partial charge in [-0.2, -0.15) is 0 Å². The van der Waals surface area contributed by atoms with E-state index in [9.17, 15) is 0 Å². The van der Waals surface area contributed by atoms with Gasteiger partial charge in [0.15, 0.2) is 5.96 Å². The summed E-state index contributed by atoms with van der Waals surface area (Å²) >= 11 is 0. The minimum Gasteiger partial charge on any atom is -0.381 e. The van der Waals surface area contributed by atoms with Crippen molar-refractivity contribution < 1.29 is 9.47 Å². The molecule has 0 radical (unpaired) electrons. The second kappa shape index (κ2) is 11.9. The van der Waals surface area contributed by atoms with E-state index in [2.05, 4.69) is 59.8 Å². The Morgan fingerprint density at radius 3 is 2.81 bits per heavy atom. The molecule has 26 heavy (non-hydrogen) atoms. The minimum atomic E-state index is 0.167. The quantitative estimate of drug-likeness (QED) is 0.402. The zero-order chi connectivity index (χ0) is 18.6. The van der Waals surface area contributed by atoms with Crippen LogP contribution in [0.4, 0.5) is 0 Å². The summed E-state index contributed by atoms with van der Waals surface area (Å²) in [7, 11) is 1.82. The third kappa shape index (κ3) is 7.34. The second-order valence-electron chi connectivity index (χ2n) is 7.31. The highest BCUT2D eigenvalue weighted by atomic mass is 16.5. The maximum Gasteiger partial charge on any atom is 0.190 e. The Bertz CT molecular complexity index is 519. The topological polar surface area (TPSA) is 54.9 Å². The Hall–Kier alpha value is -1.59. The molecule has 1 aromatic rings. The van der Waals surface area contributed by atoms with Crippen LogP contribution >= 0.6 is 0 Å². The van der Waals surface area contributed by atoms with E-state index in [4.69, 9.17) is 9.47 Å². The molecule has 1 aliphatic heterocycles. The zero-order valence-electron chi connectivity index (χ0n) is 16.5. The zero-order valence-corrected chi connectivity index (χ0v) is 16.5. The Morgan fingerprint density at radius 1 is 1.27 bits per heavy atom. The predicted molar refractivity (Wildman–Crippen MR) is 107 cm³/mol. The van der Waals surface area contributed by atoms with Gasteiger partial charge in [0, 0.05) is 45.9 Å². The Balaban J connectivity index is 1.72. The number of ether oxygens (including phenoxy) is 2. The van der Waals surface area contributed by atoms with Crippen molar-refractivity contribution in [1.29, 1.82) is 0 Å². The van der Waals surface area contributed by atoms with Gasteiger partial charge in [-0.25, -0.2) is 0 Å². The largest absolute Gasteiger partial charge is 0.381 e. The molecule has 0 amide bonds. The summed E-state index contributed by atoms with van der Waals surface area (Å²) in [6.45, 7) is 8.52. The molecule has 2 unspecified atom stereocenters. The molecule has 2 rings (SSSR count). The fourth-order valence-electron chi connectivity index (χ4n) is 3.21. The molecule has 1 aromatic carbocycles. The fraction of sp³-hybridized carbons (Fsp3) is 0.667. The van der Waals surface area contributed by atoms with E-state index in [1.165, 1.54) is 12.0 Å². The van der Waals surface area contributed by atoms with Crippen molar-refractivity contribution in [2.24, 2.45) is 16.8 Å². The molecule has 1 heterocycles. The van der Waals surface area contributed by atoms with E-state index < -0.39 is 0 Å². The van der Waals surface area contributed by atoms with Crippen molar-refractivity contribution >= 4 is 5.96 Å². The number of rotatable bonds is 9. The first-order valence-electron chi connectivity index (χ1n) is 9.89. The number of nitrogens with one attached hydrogen (secondary N) is 2. The highest BCUT2D eigenvalue weighted by Crippen LogP contribution is 2.32. The molecule has 0 aromatic heterocycles. The van der Waals surface area contributed by atoms with Crippen LogP contribution in [0.15, 0.2) is 35.3 Å². The van der Waals surface area contributed by atoms with Gasteiger partial charge in [0.1, 0.15) is 0 Å². The summed E-state index contributed by atoms with van der Waals surface area (Å²) in [5.74, 6) is 1.90. The summed E-state index contributed by atoms with van der Waals surface area (Å²) in [6.07, 6.45) is 3.44. The monoisotopic (exact) mass is 361 g/mol. The first-order valence-corrected chi connectivity index (χ1v) is 9.89. The van der Waals surface area contributed by atoms with E-state index in [1.54, 1.807) is 0 Å². The van der Waals surface area contributed by atoms with Crippen LogP contribution in [-0.2, 0) is 9.47 Å². The van der Waals surface area contributed by atoms with Crippen molar-refractivity contribution in [3.63, 3.8) is 0 Å². The average Bonchev–Trinajstić information content (AvgIpc) is 2.67. The van der Waals surface area contributed by atoms with Gasteiger partial charge in [-0.15, -0.1) is 0 Å². The summed E-state index contributed by atoms with van der Waals surface area (Å²) in [6, 6.07) is 10.5. The van der Waals surface area contributed by atoms with Crippen molar-refractivity contribution in [3.05, 3.63) is 35.9 Å². The van der Waals surface area contributed by atoms with Gasteiger partial charge in [0.2, 0.25) is 0 Å². The molecule has 1 aliphatic rings. The van der Waals surface area contributed by atoms with Gasteiger partial charge in [-0.1, -0.05) is 44.2 Å². The average molecular weight is 362 g/mol. The molecule has 2 N–H and O–H groups in total. The van der Waals surface area contributed by atoms with E-state index >= 15 is 0 Å². The van der Waals surface area contributed by atoms with Gasteiger partial charge in [-0.3, -0.25) is 4.99 Å². The van der Waals surface area contributed by atoms with E-state index in [-0.39, 0.29) is 6.10 Å². The molecule has 1 fully saturated rings. The van der Waals surface area contributed by atoms with Crippen LogP contribution < -0.4 is 10.6 Å². The third-order valence-electron chi connectivity index (χ3n) is 4.54. The molecule has 0 bridgehead atoms. The summed E-state index contributed by atoms with van der Waals surface area (Å²) in [5, 5.41) is 6.84. The van der Waals surface area contributed by atoms with E-state index in [0.29, 0.717) is 11.8 Å². The van der Waals surface area contributed by atoms with Crippen molar-refractivity contribution in [3.8, 4) is 0 Å². The number of hydrogen-bond donors (Lipinski definition) is 2. The Kier molecular flexibility index (Phi) is 9.50.